The second-order valence-corrected chi connectivity index (χ2v) is 6.41. The molecule has 118 valence electrons. The summed E-state index contributed by atoms with van der Waals surface area (Å²) >= 11 is 0. The molecule has 1 aromatic heterocycles. The van der Waals surface area contributed by atoms with Gasteiger partial charge in [0.1, 0.15) is 18.4 Å². The Labute approximate surface area is 130 Å². The van der Waals surface area contributed by atoms with Crippen LogP contribution >= 0.6 is 0 Å². The average molecular weight is 302 g/mol. The number of benzene rings is 1. The first-order valence-corrected chi connectivity index (χ1v) is 7.16. The van der Waals surface area contributed by atoms with Crippen molar-refractivity contribution in [2.75, 3.05) is 0 Å². The van der Waals surface area contributed by atoms with E-state index in [2.05, 4.69) is 15.4 Å². The first-order chi connectivity index (χ1) is 10.2. The minimum absolute atomic E-state index is 0.267. The quantitative estimate of drug-likeness (QED) is 0.941. The van der Waals surface area contributed by atoms with E-state index in [0.717, 1.165) is 11.1 Å². The number of aryl methyl sites for hydroxylation is 2. The van der Waals surface area contributed by atoms with E-state index in [-0.39, 0.29) is 11.4 Å². The van der Waals surface area contributed by atoms with Crippen LogP contribution in [0.25, 0.3) is 0 Å². The zero-order valence-electron chi connectivity index (χ0n) is 13.6. The summed E-state index contributed by atoms with van der Waals surface area (Å²) in [5, 5.41) is 6.93. The average Bonchev–Trinajstić information content (AvgIpc) is 2.85. The standard InChI is InChI=1S/C16H22N4O2/c1-11-6-12(2)8-13(7-11)22-15(20-10-17-9-18-20)14(21)19-16(3,4)5/h6-10,15H,1-5H3,(H,19,21). The third-order valence-corrected chi connectivity index (χ3v) is 2.84. The molecule has 0 fully saturated rings. The van der Waals surface area contributed by atoms with Gasteiger partial charge in [0.15, 0.2) is 0 Å². The van der Waals surface area contributed by atoms with Crippen LogP contribution in [0.15, 0.2) is 30.9 Å². The number of amides is 1. The molecule has 1 atom stereocenters. The highest BCUT2D eigenvalue weighted by Crippen LogP contribution is 2.21. The van der Waals surface area contributed by atoms with Gasteiger partial charge in [-0.2, -0.15) is 5.10 Å². The van der Waals surface area contributed by atoms with Gasteiger partial charge in [0.2, 0.25) is 0 Å². The third-order valence-electron chi connectivity index (χ3n) is 2.84. The molecule has 0 aliphatic rings. The van der Waals surface area contributed by atoms with Gasteiger partial charge in [-0.1, -0.05) is 6.07 Å². The van der Waals surface area contributed by atoms with Crippen LogP contribution in [0.4, 0.5) is 0 Å². The Morgan fingerprint density at radius 2 is 1.86 bits per heavy atom. The van der Waals surface area contributed by atoms with E-state index in [0.29, 0.717) is 5.75 Å². The van der Waals surface area contributed by atoms with Gasteiger partial charge in [-0.25, -0.2) is 9.67 Å². The second kappa shape index (κ2) is 6.17. The highest BCUT2D eigenvalue weighted by atomic mass is 16.5. The molecule has 2 rings (SSSR count). The number of ether oxygens (including phenoxy) is 1. The first-order valence-electron chi connectivity index (χ1n) is 7.16. The molecule has 0 aliphatic carbocycles. The fourth-order valence-corrected chi connectivity index (χ4v) is 2.13. The lowest BCUT2D eigenvalue weighted by Crippen LogP contribution is -2.46. The van der Waals surface area contributed by atoms with Crippen LogP contribution in [-0.2, 0) is 4.79 Å². The third kappa shape index (κ3) is 4.31. The Morgan fingerprint density at radius 1 is 1.23 bits per heavy atom. The number of nitrogens with one attached hydrogen (secondary N) is 1. The van der Waals surface area contributed by atoms with Crippen molar-refractivity contribution < 1.29 is 9.53 Å². The van der Waals surface area contributed by atoms with E-state index in [1.807, 2.05) is 52.8 Å². The van der Waals surface area contributed by atoms with Crippen LogP contribution < -0.4 is 10.1 Å². The molecule has 22 heavy (non-hydrogen) atoms. The highest BCUT2D eigenvalue weighted by molar-refractivity contribution is 5.79. The van der Waals surface area contributed by atoms with Gasteiger partial charge >= 0.3 is 0 Å². The number of hydrogen-bond acceptors (Lipinski definition) is 4. The van der Waals surface area contributed by atoms with Gasteiger partial charge in [-0.05, 0) is 57.9 Å². The van der Waals surface area contributed by atoms with Crippen LogP contribution in [-0.4, -0.2) is 26.2 Å². The van der Waals surface area contributed by atoms with Gasteiger partial charge in [0.25, 0.3) is 12.1 Å². The molecule has 1 unspecified atom stereocenters. The van der Waals surface area contributed by atoms with E-state index < -0.39 is 6.23 Å². The van der Waals surface area contributed by atoms with Crippen LogP contribution in [0.1, 0.15) is 38.1 Å². The maximum atomic E-state index is 12.5. The lowest BCUT2D eigenvalue weighted by Gasteiger charge is -2.25. The van der Waals surface area contributed by atoms with Crippen LogP contribution in [0.5, 0.6) is 5.75 Å². The molecule has 0 radical (unpaired) electrons. The monoisotopic (exact) mass is 302 g/mol. The van der Waals surface area contributed by atoms with Gasteiger partial charge in [0.05, 0.1) is 0 Å². The number of carbonyl (C=O) groups is 1. The van der Waals surface area contributed by atoms with Gasteiger partial charge in [-0.15, -0.1) is 0 Å². The fraction of sp³-hybridized carbons (Fsp3) is 0.438. The van der Waals surface area contributed by atoms with Crippen LogP contribution in [0, 0.1) is 13.8 Å². The van der Waals surface area contributed by atoms with E-state index in [1.54, 1.807) is 0 Å². The summed E-state index contributed by atoms with van der Waals surface area (Å²) in [5.74, 6) is 0.360. The van der Waals surface area contributed by atoms with E-state index in [9.17, 15) is 4.79 Å². The molecule has 2 aromatic rings. The van der Waals surface area contributed by atoms with E-state index in [1.165, 1.54) is 17.3 Å². The number of rotatable bonds is 4. The molecule has 0 bridgehead atoms. The zero-order valence-corrected chi connectivity index (χ0v) is 13.6. The smallest absolute Gasteiger partial charge is 0.285 e. The predicted molar refractivity (Wildman–Crippen MR) is 83.5 cm³/mol. The SMILES string of the molecule is Cc1cc(C)cc(OC(C(=O)NC(C)(C)C)n2cncn2)c1. The Bertz CT molecular complexity index is 624. The highest BCUT2D eigenvalue weighted by Gasteiger charge is 2.27. The summed E-state index contributed by atoms with van der Waals surface area (Å²) in [6, 6.07) is 5.83. The van der Waals surface area contributed by atoms with Gasteiger partial charge in [0, 0.05) is 5.54 Å². The van der Waals surface area contributed by atoms with Gasteiger partial charge in [-0.3, -0.25) is 4.79 Å². The molecule has 6 nitrogen and oxygen atoms in total. The fourth-order valence-electron chi connectivity index (χ4n) is 2.13. The Hall–Kier alpha value is -2.37. The van der Waals surface area contributed by atoms with Crippen LogP contribution in [0.3, 0.4) is 0 Å². The summed E-state index contributed by atoms with van der Waals surface area (Å²) in [6.45, 7) is 9.72. The molecule has 1 heterocycles. The lowest BCUT2D eigenvalue weighted by atomic mass is 10.1. The molecule has 0 aliphatic heterocycles. The summed E-state index contributed by atoms with van der Waals surface area (Å²) in [6.07, 6.45) is 1.94. The van der Waals surface area contributed by atoms with Crippen LogP contribution in [0.2, 0.25) is 0 Å². The van der Waals surface area contributed by atoms with Crippen molar-refractivity contribution in [1.82, 2.24) is 20.1 Å². The maximum absolute atomic E-state index is 12.5. The molecule has 1 aromatic carbocycles. The minimum Gasteiger partial charge on any atom is -0.459 e. The Kier molecular flexibility index (Phi) is 4.49. The van der Waals surface area contributed by atoms with Crippen molar-refractivity contribution in [3.8, 4) is 5.75 Å². The van der Waals surface area contributed by atoms with E-state index >= 15 is 0 Å². The molecule has 6 heteroatoms. The summed E-state index contributed by atoms with van der Waals surface area (Å²) in [7, 11) is 0. The maximum Gasteiger partial charge on any atom is 0.285 e. The molecule has 0 spiro atoms. The van der Waals surface area contributed by atoms with Gasteiger partial charge < -0.3 is 10.1 Å². The van der Waals surface area contributed by atoms with Crippen molar-refractivity contribution in [2.45, 2.75) is 46.4 Å². The molecular weight excluding hydrogens is 280 g/mol. The normalized spacial score (nSPS) is 12.8. The summed E-state index contributed by atoms with van der Waals surface area (Å²) < 4.78 is 7.28. The summed E-state index contributed by atoms with van der Waals surface area (Å²) in [4.78, 5) is 16.4. The molecular formula is C16H22N4O2. The second-order valence-electron chi connectivity index (χ2n) is 6.41. The summed E-state index contributed by atoms with van der Waals surface area (Å²) in [5.41, 5.74) is 1.79. The first kappa shape index (κ1) is 16.0. The van der Waals surface area contributed by atoms with Crippen molar-refractivity contribution in [2.24, 2.45) is 0 Å². The number of nitrogens with zero attached hydrogens (tertiary/aromatic N) is 3. The number of hydrogen-bond donors (Lipinski definition) is 1. The van der Waals surface area contributed by atoms with Crippen molar-refractivity contribution in [1.29, 1.82) is 0 Å². The number of aromatic nitrogens is 3. The largest absolute Gasteiger partial charge is 0.459 e. The van der Waals surface area contributed by atoms with Crippen molar-refractivity contribution in [3.05, 3.63) is 42.0 Å². The molecule has 1 amide bonds. The van der Waals surface area contributed by atoms with E-state index in [4.69, 9.17) is 4.74 Å². The molecule has 1 N–H and O–H groups in total. The van der Waals surface area contributed by atoms with Crippen molar-refractivity contribution in [3.63, 3.8) is 0 Å². The number of carbonyl (C=O) groups excluding carboxylic acids is 1. The molecule has 0 saturated carbocycles. The zero-order chi connectivity index (χ0) is 16.3. The topological polar surface area (TPSA) is 69.0 Å². The predicted octanol–water partition coefficient (Wildman–Crippen LogP) is 2.39. The molecule has 0 saturated heterocycles. The Balaban J connectivity index is 2.27. The van der Waals surface area contributed by atoms with Crippen molar-refractivity contribution >= 4 is 5.91 Å². The minimum atomic E-state index is -0.900. The Morgan fingerprint density at radius 3 is 2.36 bits per heavy atom. The lowest BCUT2D eigenvalue weighted by molar-refractivity contribution is -0.134.